The molecule has 31 heavy (non-hydrogen) atoms. The molecule has 4 rings (SSSR count). The number of carbonyl (C=O) groups excluding carboxylic acids is 2. The third kappa shape index (κ3) is 4.34. The van der Waals surface area contributed by atoms with Gasteiger partial charge in [0.05, 0.1) is 33.3 Å². The molecule has 0 unspecified atom stereocenters. The van der Waals surface area contributed by atoms with Crippen LogP contribution in [0.5, 0.6) is 11.5 Å². The first-order chi connectivity index (χ1) is 14.9. The molecule has 160 valence electrons. The smallest absolute Gasteiger partial charge is 0.338 e. The molecule has 0 saturated heterocycles. The Balaban J connectivity index is 1.42. The Morgan fingerprint density at radius 3 is 2.68 bits per heavy atom. The van der Waals surface area contributed by atoms with Crippen LogP contribution in [0.2, 0.25) is 5.02 Å². The van der Waals surface area contributed by atoms with E-state index in [-0.39, 0.29) is 10.6 Å². The summed E-state index contributed by atoms with van der Waals surface area (Å²) in [7, 11) is 0. The fraction of sp³-hybridized carbons (Fsp3) is 0.227. The number of ether oxygens (including phenoxy) is 3. The second-order valence-corrected chi connectivity index (χ2v) is 7.31. The van der Waals surface area contributed by atoms with Gasteiger partial charge in [0.15, 0.2) is 18.1 Å². The number of hydrogen-bond donors (Lipinski definition) is 1. The molecule has 0 saturated carbocycles. The van der Waals surface area contributed by atoms with Crippen LogP contribution in [0.15, 0.2) is 42.5 Å². The number of esters is 1. The zero-order valence-electron chi connectivity index (χ0n) is 17.0. The molecule has 0 aliphatic carbocycles. The first-order valence-corrected chi connectivity index (χ1v) is 9.99. The van der Waals surface area contributed by atoms with Crippen molar-refractivity contribution in [1.29, 1.82) is 0 Å². The Morgan fingerprint density at radius 1 is 1.16 bits per heavy atom. The highest BCUT2D eigenvalue weighted by Gasteiger charge is 2.21. The Kier molecular flexibility index (Phi) is 5.81. The van der Waals surface area contributed by atoms with Gasteiger partial charge >= 0.3 is 5.97 Å². The standard InChI is InChI=1S/C22H20ClN3O5/c1-13-20(14(2)26(25-13)16-6-4-3-5-7-16)24-19(27)12-31-22(28)15-10-17(23)21-18(11-15)29-8-9-30-21/h3-7,10-11H,8-9,12H2,1-2H3,(H,24,27). The largest absolute Gasteiger partial charge is 0.486 e. The van der Waals surface area contributed by atoms with Crippen LogP contribution >= 0.6 is 11.6 Å². The number of aryl methyl sites for hydroxylation is 1. The fourth-order valence-corrected chi connectivity index (χ4v) is 3.53. The summed E-state index contributed by atoms with van der Waals surface area (Å²) in [5, 5.41) is 7.49. The van der Waals surface area contributed by atoms with Gasteiger partial charge in [-0.3, -0.25) is 4.79 Å². The number of anilines is 1. The second kappa shape index (κ2) is 8.69. The summed E-state index contributed by atoms with van der Waals surface area (Å²) in [6.45, 7) is 3.94. The summed E-state index contributed by atoms with van der Waals surface area (Å²) in [6.07, 6.45) is 0. The Bertz CT molecular complexity index is 1140. The van der Waals surface area contributed by atoms with Crippen LogP contribution in [0.25, 0.3) is 5.69 Å². The molecule has 0 radical (unpaired) electrons. The minimum absolute atomic E-state index is 0.173. The maximum Gasteiger partial charge on any atom is 0.338 e. The molecule has 1 aliphatic heterocycles. The average Bonchev–Trinajstić information content (AvgIpc) is 3.06. The number of halogens is 1. The number of rotatable bonds is 5. The minimum Gasteiger partial charge on any atom is -0.486 e. The van der Waals surface area contributed by atoms with Crippen molar-refractivity contribution in [2.75, 3.05) is 25.1 Å². The van der Waals surface area contributed by atoms with Crippen LogP contribution in [-0.4, -0.2) is 41.5 Å². The van der Waals surface area contributed by atoms with E-state index >= 15 is 0 Å². The maximum atomic E-state index is 12.4. The van der Waals surface area contributed by atoms with E-state index < -0.39 is 18.5 Å². The lowest BCUT2D eigenvalue weighted by molar-refractivity contribution is -0.119. The molecule has 2 heterocycles. The lowest BCUT2D eigenvalue weighted by Crippen LogP contribution is -2.22. The summed E-state index contributed by atoms with van der Waals surface area (Å²) >= 11 is 6.15. The number of nitrogens with one attached hydrogen (secondary N) is 1. The quantitative estimate of drug-likeness (QED) is 0.607. The molecule has 0 spiro atoms. The lowest BCUT2D eigenvalue weighted by Gasteiger charge is -2.19. The third-order valence-electron chi connectivity index (χ3n) is 4.72. The molecule has 1 aliphatic rings. The first-order valence-electron chi connectivity index (χ1n) is 9.62. The normalized spacial score (nSPS) is 12.4. The molecule has 0 atom stereocenters. The number of aromatic nitrogens is 2. The van der Waals surface area contributed by atoms with E-state index in [2.05, 4.69) is 10.4 Å². The first kappa shape index (κ1) is 20.7. The summed E-state index contributed by atoms with van der Waals surface area (Å²) in [4.78, 5) is 24.8. The van der Waals surface area contributed by atoms with Crippen molar-refractivity contribution >= 4 is 29.2 Å². The zero-order chi connectivity index (χ0) is 22.0. The molecular formula is C22H20ClN3O5. The molecule has 0 fully saturated rings. The molecule has 9 heteroatoms. The monoisotopic (exact) mass is 441 g/mol. The highest BCUT2D eigenvalue weighted by Crippen LogP contribution is 2.38. The summed E-state index contributed by atoms with van der Waals surface area (Å²) in [5.74, 6) is -0.406. The van der Waals surface area contributed by atoms with Gasteiger partial charge in [-0.2, -0.15) is 5.10 Å². The average molecular weight is 442 g/mol. The van der Waals surface area contributed by atoms with Crippen molar-refractivity contribution in [3.63, 3.8) is 0 Å². The number of benzene rings is 2. The highest BCUT2D eigenvalue weighted by atomic mass is 35.5. The van der Waals surface area contributed by atoms with Crippen LogP contribution in [0, 0.1) is 13.8 Å². The highest BCUT2D eigenvalue weighted by molar-refractivity contribution is 6.32. The predicted molar refractivity (Wildman–Crippen MR) is 114 cm³/mol. The van der Waals surface area contributed by atoms with E-state index in [9.17, 15) is 9.59 Å². The molecule has 3 aromatic rings. The van der Waals surface area contributed by atoms with Crippen LogP contribution in [-0.2, 0) is 9.53 Å². The van der Waals surface area contributed by atoms with E-state index in [0.717, 1.165) is 11.4 Å². The molecule has 8 nitrogen and oxygen atoms in total. The number of hydrogen-bond acceptors (Lipinski definition) is 6. The van der Waals surface area contributed by atoms with Crippen LogP contribution in [0.4, 0.5) is 5.69 Å². The molecule has 2 aromatic carbocycles. The van der Waals surface area contributed by atoms with Crippen molar-refractivity contribution in [2.45, 2.75) is 13.8 Å². The summed E-state index contributed by atoms with van der Waals surface area (Å²) in [6, 6.07) is 12.5. The van der Waals surface area contributed by atoms with Crippen molar-refractivity contribution < 1.29 is 23.8 Å². The summed E-state index contributed by atoms with van der Waals surface area (Å²) in [5.41, 5.74) is 3.05. The van der Waals surface area contributed by atoms with Gasteiger partial charge in [0.25, 0.3) is 5.91 Å². The van der Waals surface area contributed by atoms with E-state index in [1.165, 1.54) is 12.1 Å². The Hall–Kier alpha value is -3.52. The van der Waals surface area contributed by atoms with Crippen LogP contribution < -0.4 is 14.8 Å². The third-order valence-corrected chi connectivity index (χ3v) is 5.00. The van der Waals surface area contributed by atoms with Crippen molar-refractivity contribution in [3.8, 4) is 17.2 Å². The van der Waals surface area contributed by atoms with Gasteiger partial charge in [0.1, 0.15) is 13.2 Å². The Labute approximate surface area is 183 Å². The number of fused-ring (bicyclic) bond motifs is 1. The van der Waals surface area contributed by atoms with Gasteiger partial charge in [-0.1, -0.05) is 29.8 Å². The molecule has 1 amide bonds. The minimum atomic E-state index is -0.692. The van der Waals surface area contributed by atoms with E-state index in [1.54, 1.807) is 11.6 Å². The molecular weight excluding hydrogens is 422 g/mol. The van der Waals surface area contributed by atoms with Crippen molar-refractivity contribution in [1.82, 2.24) is 9.78 Å². The molecule has 1 aromatic heterocycles. The SMILES string of the molecule is Cc1nn(-c2ccccc2)c(C)c1NC(=O)COC(=O)c1cc(Cl)c2c(c1)OCCO2. The zero-order valence-corrected chi connectivity index (χ0v) is 17.7. The van der Waals surface area contributed by atoms with E-state index in [0.29, 0.717) is 36.1 Å². The summed E-state index contributed by atoms with van der Waals surface area (Å²) < 4.78 is 17.8. The van der Waals surface area contributed by atoms with Gasteiger partial charge in [-0.05, 0) is 38.1 Å². The van der Waals surface area contributed by atoms with E-state index in [1.807, 2.05) is 37.3 Å². The van der Waals surface area contributed by atoms with Gasteiger partial charge < -0.3 is 19.5 Å². The van der Waals surface area contributed by atoms with Gasteiger partial charge in [0, 0.05) is 0 Å². The molecule has 0 bridgehead atoms. The van der Waals surface area contributed by atoms with Gasteiger partial charge in [-0.25, -0.2) is 9.48 Å². The second-order valence-electron chi connectivity index (χ2n) is 6.90. The fourth-order valence-electron chi connectivity index (χ4n) is 3.26. The van der Waals surface area contributed by atoms with E-state index in [4.69, 9.17) is 25.8 Å². The van der Waals surface area contributed by atoms with Crippen molar-refractivity contribution in [3.05, 3.63) is 64.4 Å². The topological polar surface area (TPSA) is 91.7 Å². The maximum absolute atomic E-state index is 12.4. The van der Waals surface area contributed by atoms with Gasteiger partial charge in [-0.15, -0.1) is 0 Å². The Morgan fingerprint density at radius 2 is 1.90 bits per heavy atom. The van der Waals surface area contributed by atoms with Crippen molar-refractivity contribution in [2.24, 2.45) is 0 Å². The lowest BCUT2D eigenvalue weighted by atomic mass is 10.2. The number of amides is 1. The molecule has 1 N–H and O–H groups in total. The van der Waals surface area contributed by atoms with Gasteiger partial charge in [0.2, 0.25) is 0 Å². The van der Waals surface area contributed by atoms with Crippen LogP contribution in [0.1, 0.15) is 21.7 Å². The van der Waals surface area contributed by atoms with Crippen LogP contribution in [0.3, 0.4) is 0 Å². The number of nitrogens with zero attached hydrogens (tertiary/aromatic N) is 2. The predicted octanol–water partition coefficient (Wildman–Crippen LogP) is 3.71. The number of carbonyl (C=O) groups is 2. The number of para-hydroxylation sites is 1.